The van der Waals surface area contributed by atoms with Crippen molar-refractivity contribution in [1.82, 2.24) is 25.5 Å². The molecular weight excluding hydrogens is 194 g/mol. The van der Waals surface area contributed by atoms with Crippen molar-refractivity contribution in [3.8, 4) is 0 Å². The number of hydrogen-bond acceptors (Lipinski definition) is 5. The molecule has 0 radical (unpaired) electrons. The fraction of sp³-hybridized carbons (Fsp3) is 0.889. The van der Waals surface area contributed by atoms with Crippen molar-refractivity contribution in [1.29, 1.82) is 0 Å². The van der Waals surface area contributed by atoms with E-state index in [0.717, 1.165) is 12.4 Å². The first kappa shape index (κ1) is 10.5. The van der Waals surface area contributed by atoms with Gasteiger partial charge in [-0.25, -0.2) is 4.68 Å². The lowest BCUT2D eigenvalue weighted by atomic mass is 10.4. The van der Waals surface area contributed by atoms with Crippen LogP contribution in [0.4, 0.5) is 0 Å². The average Bonchev–Trinajstić information content (AvgIpc) is 2.97. The highest BCUT2D eigenvalue weighted by atomic mass is 16.5. The molecule has 6 nitrogen and oxygen atoms in total. The number of nitrogens with zero attached hydrogens (tertiary/aromatic N) is 4. The largest absolute Gasteiger partial charge is 0.380 e. The van der Waals surface area contributed by atoms with Crippen molar-refractivity contribution in [2.75, 3.05) is 7.11 Å². The molecule has 0 aliphatic heterocycles. The Morgan fingerprint density at radius 1 is 1.60 bits per heavy atom. The molecule has 0 amide bonds. The van der Waals surface area contributed by atoms with Crippen LogP contribution in [0.5, 0.6) is 0 Å². The fourth-order valence-electron chi connectivity index (χ4n) is 1.33. The van der Waals surface area contributed by atoms with Crippen molar-refractivity contribution < 1.29 is 4.74 Å². The zero-order valence-electron chi connectivity index (χ0n) is 9.18. The van der Waals surface area contributed by atoms with Crippen molar-refractivity contribution in [2.45, 2.75) is 45.0 Å². The highest BCUT2D eigenvalue weighted by molar-refractivity contribution is 4.87. The van der Waals surface area contributed by atoms with Gasteiger partial charge in [-0.3, -0.25) is 0 Å². The highest BCUT2D eigenvalue weighted by Crippen LogP contribution is 2.18. The van der Waals surface area contributed by atoms with Crippen molar-refractivity contribution >= 4 is 0 Å². The zero-order chi connectivity index (χ0) is 10.7. The Hall–Kier alpha value is -1.01. The molecule has 1 N–H and O–H groups in total. The van der Waals surface area contributed by atoms with Gasteiger partial charge in [-0.15, -0.1) is 5.10 Å². The first-order chi connectivity index (χ1) is 7.29. The Morgan fingerprint density at radius 2 is 2.40 bits per heavy atom. The first-order valence-corrected chi connectivity index (χ1v) is 5.31. The predicted octanol–water partition coefficient (Wildman–Crippen LogP) is -0.0400. The molecule has 1 aliphatic rings. The summed E-state index contributed by atoms with van der Waals surface area (Å²) in [5.41, 5.74) is 0. The summed E-state index contributed by atoms with van der Waals surface area (Å²) in [4.78, 5) is 0. The molecule has 84 valence electrons. The molecule has 0 aromatic carbocycles. The Kier molecular flexibility index (Phi) is 3.27. The van der Waals surface area contributed by atoms with Crippen LogP contribution in [0, 0.1) is 0 Å². The molecule has 2 rings (SSSR count). The van der Waals surface area contributed by atoms with Gasteiger partial charge in [-0.1, -0.05) is 0 Å². The maximum Gasteiger partial charge on any atom is 0.165 e. The quantitative estimate of drug-likeness (QED) is 0.715. The molecule has 0 spiro atoms. The first-order valence-electron chi connectivity index (χ1n) is 5.31. The standard InChI is InChI=1S/C9H17N5O/c1-7(15-2)6-14-9(11-12-13-14)5-10-8-3-4-8/h7-8,10H,3-6H2,1-2H3. The van der Waals surface area contributed by atoms with E-state index in [1.165, 1.54) is 12.8 Å². The molecule has 0 bridgehead atoms. The van der Waals surface area contributed by atoms with E-state index in [2.05, 4.69) is 20.8 Å². The molecule has 1 atom stereocenters. The number of methoxy groups -OCH3 is 1. The van der Waals surface area contributed by atoms with Crippen LogP contribution in [0.3, 0.4) is 0 Å². The monoisotopic (exact) mass is 211 g/mol. The molecule has 1 aromatic heterocycles. The Labute approximate surface area is 89.0 Å². The third-order valence-corrected chi connectivity index (χ3v) is 2.56. The van der Waals surface area contributed by atoms with Crippen molar-refractivity contribution in [2.24, 2.45) is 0 Å². The van der Waals surface area contributed by atoms with Gasteiger partial charge in [0.2, 0.25) is 0 Å². The lowest BCUT2D eigenvalue weighted by molar-refractivity contribution is 0.0982. The summed E-state index contributed by atoms with van der Waals surface area (Å²) in [6.07, 6.45) is 2.68. The summed E-state index contributed by atoms with van der Waals surface area (Å²) in [6, 6.07) is 0.676. The van der Waals surface area contributed by atoms with Gasteiger partial charge in [-0.2, -0.15) is 0 Å². The maximum atomic E-state index is 5.18. The summed E-state index contributed by atoms with van der Waals surface area (Å²) in [5.74, 6) is 0.880. The number of hydrogen-bond donors (Lipinski definition) is 1. The smallest absolute Gasteiger partial charge is 0.165 e. The number of rotatable bonds is 6. The Morgan fingerprint density at radius 3 is 3.07 bits per heavy atom. The topological polar surface area (TPSA) is 64.9 Å². The number of tetrazole rings is 1. The number of ether oxygens (including phenoxy) is 1. The minimum Gasteiger partial charge on any atom is -0.380 e. The van der Waals surface area contributed by atoms with Crippen molar-refractivity contribution in [3.05, 3.63) is 5.82 Å². The zero-order valence-corrected chi connectivity index (χ0v) is 9.18. The second-order valence-electron chi connectivity index (χ2n) is 3.98. The summed E-state index contributed by atoms with van der Waals surface area (Å²) in [7, 11) is 1.69. The lowest BCUT2D eigenvalue weighted by Gasteiger charge is -2.10. The molecule has 15 heavy (non-hydrogen) atoms. The van der Waals surface area contributed by atoms with Crippen LogP contribution in [0.15, 0.2) is 0 Å². The van der Waals surface area contributed by atoms with Gasteiger partial charge in [0, 0.05) is 13.2 Å². The molecule has 1 unspecified atom stereocenters. The highest BCUT2D eigenvalue weighted by Gasteiger charge is 2.21. The molecule has 1 heterocycles. The van der Waals surface area contributed by atoms with Gasteiger partial charge >= 0.3 is 0 Å². The van der Waals surface area contributed by atoms with E-state index in [0.29, 0.717) is 12.6 Å². The van der Waals surface area contributed by atoms with Crippen LogP contribution < -0.4 is 5.32 Å². The third-order valence-electron chi connectivity index (χ3n) is 2.56. The van der Waals surface area contributed by atoms with Gasteiger partial charge in [0.25, 0.3) is 0 Å². The van der Waals surface area contributed by atoms with E-state index in [1.54, 1.807) is 11.8 Å². The predicted molar refractivity (Wildman–Crippen MR) is 54.1 cm³/mol. The van der Waals surface area contributed by atoms with Gasteiger partial charge in [0.1, 0.15) is 0 Å². The van der Waals surface area contributed by atoms with E-state index >= 15 is 0 Å². The van der Waals surface area contributed by atoms with Crippen LogP contribution in [-0.4, -0.2) is 39.5 Å². The lowest BCUT2D eigenvalue weighted by Crippen LogP contribution is -2.22. The van der Waals surface area contributed by atoms with Crippen LogP contribution in [0.25, 0.3) is 0 Å². The van der Waals surface area contributed by atoms with Crippen LogP contribution in [0.1, 0.15) is 25.6 Å². The minimum atomic E-state index is 0.133. The van der Waals surface area contributed by atoms with E-state index in [-0.39, 0.29) is 6.10 Å². The van der Waals surface area contributed by atoms with Gasteiger partial charge in [0.15, 0.2) is 5.82 Å². The number of aromatic nitrogens is 4. The summed E-state index contributed by atoms with van der Waals surface area (Å²) in [6.45, 7) is 3.44. The van der Waals surface area contributed by atoms with E-state index in [1.807, 2.05) is 6.92 Å². The summed E-state index contributed by atoms with van der Waals surface area (Å²) in [5, 5.41) is 15.0. The van der Waals surface area contributed by atoms with Gasteiger partial charge in [0.05, 0.1) is 19.2 Å². The SMILES string of the molecule is COC(C)Cn1nnnc1CNC1CC1. The molecule has 1 fully saturated rings. The Bertz CT molecular complexity index is 309. The fourth-order valence-corrected chi connectivity index (χ4v) is 1.33. The third kappa shape index (κ3) is 2.97. The molecule has 1 aliphatic carbocycles. The molecular formula is C9H17N5O. The summed E-state index contributed by atoms with van der Waals surface area (Å²) < 4.78 is 6.97. The van der Waals surface area contributed by atoms with Gasteiger partial charge in [-0.05, 0) is 30.2 Å². The Balaban J connectivity index is 1.88. The normalized spacial score (nSPS) is 18.0. The second kappa shape index (κ2) is 4.67. The van der Waals surface area contributed by atoms with E-state index in [4.69, 9.17) is 4.74 Å². The molecule has 1 aromatic rings. The van der Waals surface area contributed by atoms with E-state index < -0.39 is 0 Å². The molecule has 6 heteroatoms. The molecule has 0 saturated heterocycles. The van der Waals surface area contributed by atoms with Crippen LogP contribution >= 0.6 is 0 Å². The van der Waals surface area contributed by atoms with Crippen LogP contribution in [0.2, 0.25) is 0 Å². The minimum absolute atomic E-state index is 0.133. The molecule has 1 saturated carbocycles. The maximum absolute atomic E-state index is 5.18. The van der Waals surface area contributed by atoms with Gasteiger partial charge < -0.3 is 10.1 Å². The second-order valence-corrected chi connectivity index (χ2v) is 3.98. The average molecular weight is 211 g/mol. The number of nitrogens with one attached hydrogen (secondary N) is 1. The summed E-state index contributed by atoms with van der Waals surface area (Å²) >= 11 is 0. The van der Waals surface area contributed by atoms with Crippen molar-refractivity contribution in [3.63, 3.8) is 0 Å². The van der Waals surface area contributed by atoms with E-state index in [9.17, 15) is 0 Å². The van der Waals surface area contributed by atoms with Crippen LogP contribution in [-0.2, 0) is 17.8 Å².